The first-order valence-electron chi connectivity index (χ1n) is 6.32. The lowest BCUT2D eigenvalue weighted by atomic mass is 9.86. The van der Waals surface area contributed by atoms with Gasteiger partial charge in [0.05, 0.1) is 23.3 Å². The summed E-state index contributed by atoms with van der Waals surface area (Å²) >= 11 is 0. The largest absolute Gasteiger partial charge is 0.418 e. The van der Waals surface area contributed by atoms with Crippen molar-refractivity contribution < 1.29 is 13.2 Å². The highest BCUT2D eigenvalue weighted by Gasteiger charge is 2.35. The van der Waals surface area contributed by atoms with E-state index in [0.29, 0.717) is 11.3 Å². The quantitative estimate of drug-likeness (QED) is 0.753. The number of aryl methyl sites for hydroxylation is 1. The number of nitrogens with zero attached hydrogens (tertiary/aromatic N) is 2. The van der Waals surface area contributed by atoms with Crippen LogP contribution in [-0.2, 0) is 11.6 Å². The maximum absolute atomic E-state index is 13.3. The molecule has 0 aliphatic carbocycles. The lowest BCUT2D eigenvalue weighted by Gasteiger charge is -2.22. The topological polar surface area (TPSA) is 17.8 Å². The summed E-state index contributed by atoms with van der Waals surface area (Å²) in [6.07, 6.45) is -1.41. The second-order valence-electron chi connectivity index (χ2n) is 5.90. The lowest BCUT2D eigenvalue weighted by Crippen LogP contribution is -2.16. The van der Waals surface area contributed by atoms with Crippen molar-refractivity contribution in [1.82, 2.24) is 9.55 Å². The first kappa shape index (κ1) is 14.6. The number of aromatic nitrogens is 2. The molecule has 0 aliphatic rings. The molecule has 108 valence electrons. The average molecular weight is 282 g/mol. The smallest absolute Gasteiger partial charge is 0.305 e. The third-order valence-corrected chi connectivity index (χ3v) is 3.16. The molecule has 1 heterocycles. The van der Waals surface area contributed by atoms with Crippen molar-refractivity contribution in [2.24, 2.45) is 0 Å². The van der Waals surface area contributed by atoms with Gasteiger partial charge in [0.1, 0.15) is 0 Å². The highest BCUT2D eigenvalue weighted by molar-refractivity contribution is 5.47. The van der Waals surface area contributed by atoms with Crippen molar-refractivity contribution in [3.63, 3.8) is 0 Å². The molecule has 0 aliphatic heterocycles. The first-order chi connectivity index (χ1) is 9.09. The van der Waals surface area contributed by atoms with E-state index in [1.807, 2.05) is 20.8 Å². The molecule has 2 nitrogen and oxygen atoms in total. The Morgan fingerprint density at radius 3 is 2.20 bits per heavy atom. The van der Waals surface area contributed by atoms with E-state index in [2.05, 4.69) is 4.98 Å². The Hall–Kier alpha value is -1.78. The minimum Gasteiger partial charge on any atom is -0.305 e. The molecule has 0 spiro atoms. The summed E-state index contributed by atoms with van der Waals surface area (Å²) in [5.41, 5.74) is 0.473. The summed E-state index contributed by atoms with van der Waals surface area (Å²) in [7, 11) is 0. The third kappa shape index (κ3) is 2.86. The predicted octanol–water partition coefficient (Wildman–Crippen LogP) is 4.50. The van der Waals surface area contributed by atoms with Gasteiger partial charge in [-0.05, 0) is 30.0 Å². The zero-order valence-electron chi connectivity index (χ0n) is 11.9. The molecule has 2 rings (SSSR count). The standard InChI is InChI=1S/C15H17F3N2/c1-10-8-20(9-19-10)13-6-5-11(14(2,3)4)7-12(13)15(16,17)18/h5-9H,1-4H3. The molecule has 1 aromatic heterocycles. The van der Waals surface area contributed by atoms with Crippen LogP contribution in [0.3, 0.4) is 0 Å². The van der Waals surface area contributed by atoms with E-state index in [9.17, 15) is 13.2 Å². The fraction of sp³-hybridized carbons (Fsp3) is 0.400. The summed E-state index contributed by atoms with van der Waals surface area (Å²) in [6, 6.07) is 4.47. The number of imidazole rings is 1. The normalized spacial score (nSPS) is 12.8. The molecule has 0 amide bonds. The van der Waals surface area contributed by atoms with Gasteiger partial charge in [-0.25, -0.2) is 4.98 Å². The summed E-state index contributed by atoms with van der Waals surface area (Å²) in [5.74, 6) is 0. The van der Waals surface area contributed by atoms with Crippen LogP contribution in [0.4, 0.5) is 13.2 Å². The minimum atomic E-state index is -4.39. The second-order valence-corrected chi connectivity index (χ2v) is 5.90. The highest BCUT2D eigenvalue weighted by Crippen LogP contribution is 2.36. The van der Waals surface area contributed by atoms with E-state index >= 15 is 0 Å². The van der Waals surface area contributed by atoms with Crippen molar-refractivity contribution in [2.75, 3.05) is 0 Å². The molecule has 0 N–H and O–H groups in total. The Bertz CT molecular complexity index is 619. The molecular weight excluding hydrogens is 265 g/mol. The van der Waals surface area contributed by atoms with Gasteiger partial charge in [-0.15, -0.1) is 0 Å². The van der Waals surface area contributed by atoms with Crippen molar-refractivity contribution in [2.45, 2.75) is 39.3 Å². The molecule has 0 saturated carbocycles. The van der Waals surface area contributed by atoms with Crippen LogP contribution in [0.1, 0.15) is 37.6 Å². The van der Waals surface area contributed by atoms with Crippen LogP contribution in [0.25, 0.3) is 5.69 Å². The van der Waals surface area contributed by atoms with E-state index in [-0.39, 0.29) is 11.1 Å². The average Bonchev–Trinajstić information content (AvgIpc) is 2.72. The first-order valence-corrected chi connectivity index (χ1v) is 6.32. The van der Waals surface area contributed by atoms with Crippen molar-refractivity contribution in [1.29, 1.82) is 0 Å². The summed E-state index contributed by atoms with van der Waals surface area (Å²) < 4.78 is 41.2. The van der Waals surface area contributed by atoms with E-state index in [4.69, 9.17) is 0 Å². The number of hydrogen-bond donors (Lipinski definition) is 0. The zero-order chi connectivity index (χ0) is 15.1. The summed E-state index contributed by atoms with van der Waals surface area (Å²) in [6.45, 7) is 7.42. The molecule has 0 unspecified atom stereocenters. The Labute approximate surface area is 116 Å². The number of benzene rings is 1. The molecule has 0 bridgehead atoms. The van der Waals surface area contributed by atoms with Crippen LogP contribution in [0.2, 0.25) is 0 Å². The minimum absolute atomic E-state index is 0.103. The molecule has 0 saturated heterocycles. The monoisotopic (exact) mass is 282 g/mol. The van der Waals surface area contributed by atoms with Crippen molar-refractivity contribution in [3.8, 4) is 5.69 Å². The van der Waals surface area contributed by atoms with Crippen LogP contribution in [0.5, 0.6) is 0 Å². The zero-order valence-corrected chi connectivity index (χ0v) is 11.9. The molecule has 0 fully saturated rings. The van der Waals surface area contributed by atoms with Crippen LogP contribution >= 0.6 is 0 Å². The van der Waals surface area contributed by atoms with Gasteiger partial charge in [-0.2, -0.15) is 13.2 Å². The molecule has 1 aromatic carbocycles. The molecule has 0 atom stereocenters. The molecule has 20 heavy (non-hydrogen) atoms. The van der Waals surface area contributed by atoms with Crippen molar-refractivity contribution >= 4 is 0 Å². The van der Waals surface area contributed by atoms with E-state index in [0.717, 1.165) is 0 Å². The van der Waals surface area contributed by atoms with Crippen LogP contribution < -0.4 is 0 Å². The number of hydrogen-bond acceptors (Lipinski definition) is 1. The van der Waals surface area contributed by atoms with E-state index in [1.165, 1.54) is 23.0 Å². The maximum Gasteiger partial charge on any atom is 0.418 e. The van der Waals surface area contributed by atoms with Gasteiger partial charge in [-0.1, -0.05) is 26.8 Å². The van der Waals surface area contributed by atoms with Crippen LogP contribution in [0, 0.1) is 6.92 Å². The van der Waals surface area contributed by atoms with Gasteiger partial charge in [0.25, 0.3) is 0 Å². The van der Waals surface area contributed by atoms with Gasteiger partial charge in [-0.3, -0.25) is 0 Å². The molecular formula is C15H17F3N2. The fourth-order valence-corrected chi connectivity index (χ4v) is 2.01. The van der Waals surface area contributed by atoms with Crippen molar-refractivity contribution in [3.05, 3.63) is 47.5 Å². The molecule has 5 heteroatoms. The highest BCUT2D eigenvalue weighted by atomic mass is 19.4. The number of alkyl halides is 3. The van der Waals surface area contributed by atoms with Gasteiger partial charge < -0.3 is 4.57 Å². The maximum atomic E-state index is 13.3. The SMILES string of the molecule is Cc1cn(-c2ccc(C(C)(C)C)cc2C(F)(F)F)cn1. The van der Waals surface area contributed by atoms with Gasteiger partial charge in [0.15, 0.2) is 0 Å². The number of halogens is 3. The Morgan fingerprint density at radius 1 is 1.10 bits per heavy atom. The molecule has 0 radical (unpaired) electrons. The fourth-order valence-electron chi connectivity index (χ4n) is 2.01. The van der Waals surface area contributed by atoms with Gasteiger partial charge in [0.2, 0.25) is 0 Å². The summed E-state index contributed by atoms with van der Waals surface area (Å²) in [5, 5.41) is 0. The predicted molar refractivity (Wildman–Crippen MR) is 72.0 cm³/mol. The van der Waals surface area contributed by atoms with Crippen LogP contribution in [0.15, 0.2) is 30.7 Å². The Kier molecular flexibility index (Phi) is 3.40. The van der Waals surface area contributed by atoms with Crippen LogP contribution in [-0.4, -0.2) is 9.55 Å². The summed E-state index contributed by atoms with van der Waals surface area (Å²) in [4.78, 5) is 3.98. The Balaban J connectivity index is 2.64. The Morgan fingerprint density at radius 2 is 1.75 bits per heavy atom. The van der Waals surface area contributed by atoms with Gasteiger partial charge in [0, 0.05) is 6.20 Å². The van der Waals surface area contributed by atoms with Gasteiger partial charge >= 0.3 is 6.18 Å². The number of rotatable bonds is 1. The van der Waals surface area contributed by atoms with E-state index < -0.39 is 11.7 Å². The molecule has 2 aromatic rings. The lowest BCUT2D eigenvalue weighted by molar-refractivity contribution is -0.137. The van der Waals surface area contributed by atoms with E-state index in [1.54, 1.807) is 19.2 Å². The second kappa shape index (κ2) is 4.65. The third-order valence-electron chi connectivity index (χ3n) is 3.16.